The van der Waals surface area contributed by atoms with E-state index in [2.05, 4.69) is 28.3 Å². The Bertz CT molecular complexity index is 1310. The van der Waals surface area contributed by atoms with Crippen LogP contribution in [0.4, 0.5) is 5.69 Å². The Balaban J connectivity index is 1.37. The summed E-state index contributed by atoms with van der Waals surface area (Å²) in [7, 11) is 1.65. The standard InChI is InChI=1S/C28H28N4O4/c1-35-26-12-10-24(11-13-26)31-19-23(16-29-31)22-14-28(36-27-9-5-8-25(15-27)32(33)34)20-30(18-22)17-21-6-3-2-4-7-21/h2-13,15-16,19,22,28H,14,17-18,20H2,1H3. The van der Waals surface area contributed by atoms with Crippen LogP contribution in [0.1, 0.15) is 23.5 Å². The molecule has 8 nitrogen and oxygen atoms in total. The summed E-state index contributed by atoms with van der Waals surface area (Å²) in [5.41, 5.74) is 3.36. The zero-order chi connectivity index (χ0) is 24.9. The van der Waals surface area contributed by atoms with Gasteiger partial charge in [-0.05, 0) is 47.9 Å². The minimum absolute atomic E-state index is 0.0294. The normalized spacial score (nSPS) is 18.0. The van der Waals surface area contributed by atoms with E-state index in [1.807, 2.05) is 53.3 Å². The summed E-state index contributed by atoms with van der Waals surface area (Å²) in [5, 5.41) is 15.8. The van der Waals surface area contributed by atoms with Crippen LogP contribution in [0.15, 0.2) is 91.3 Å². The van der Waals surface area contributed by atoms with Gasteiger partial charge in [0.05, 0.1) is 30.0 Å². The lowest BCUT2D eigenvalue weighted by Gasteiger charge is -2.37. The molecule has 0 radical (unpaired) electrons. The van der Waals surface area contributed by atoms with Crippen LogP contribution in [0.3, 0.4) is 0 Å². The first-order chi connectivity index (χ1) is 17.6. The molecule has 184 valence electrons. The van der Waals surface area contributed by atoms with Crippen molar-refractivity contribution in [2.75, 3.05) is 20.2 Å². The van der Waals surface area contributed by atoms with Crippen molar-refractivity contribution in [1.29, 1.82) is 0 Å². The molecular weight excluding hydrogens is 456 g/mol. The SMILES string of the molecule is COc1ccc(-n2cc(C3CC(Oc4cccc([N+](=O)[O-])c4)CN(Cc4ccccc4)C3)cn2)cc1. The summed E-state index contributed by atoms with van der Waals surface area (Å²) >= 11 is 0. The summed E-state index contributed by atoms with van der Waals surface area (Å²) in [4.78, 5) is 13.2. The van der Waals surface area contributed by atoms with Crippen molar-refractivity contribution in [3.05, 3.63) is 112 Å². The maximum absolute atomic E-state index is 11.2. The highest BCUT2D eigenvalue weighted by molar-refractivity contribution is 5.39. The topological polar surface area (TPSA) is 82.7 Å². The number of nitro groups is 1. The van der Waals surface area contributed by atoms with Crippen molar-refractivity contribution >= 4 is 5.69 Å². The molecule has 4 aromatic rings. The fourth-order valence-corrected chi connectivity index (χ4v) is 4.72. The first-order valence-electron chi connectivity index (χ1n) is 11.9. The number of likely N-dealkylation sites (tertiary alicyclic amines) is 1. The molecule has 36 heavy (non-hydrogen) atoms. The summed E-state index contributed by atoms with van der Waals surface area (Å²) in [5.74, 6) is 1.53. The summed E-state index contributed by atoms with van der Waals surface area (Å²) in [6.45, 7) is 2.41. The van der Waals surface area contributed by atoms with E-state index in [0.29, 0.717) is 5.75 Å². The monoisotopic (exact) mass is 484 g/mol. The Morgan fingerprint density at radius 2 is 1.81 bits per heavy atom. The number of non-ortho nitro benzene ring substituents is 1. The second-order valence-corrected chi connectivity index (χ2v) is 9.02. The molecule has 1 aliphatic rings. The van der Waals surface area contributed by atoms with E-state index in [9.17, 15) is 10.1 Å². The van der Waals surface area contributed by atoms with Gasteiger partial charge in [-0.2, -0.15) is 5.10 Å². The van der Waals surface area contributed by atoms with E-state index in [4.69, 9.17) is 9.47 Å². The van der Waals surface area contributed by atoms with Crippen LogP contribution in [0.5, 0.6) is 11.5 Å². The third kappa shape index (κ3) is 5.55. The van der Waals surface area contributed by atoms with E-state index in [1.165, 1.54) is 17.7 Å². The Hall–Kier alpha value is -4.17. The first kappa shape index (κ1) is 23.6. The molecule has 3 aromatic carbocycles. The van der Waals surface area contributed by atoms with Gasteiger partial charge in [0.15, 0.2) is 0 Å². The summed E-state index contributed by atoms with van der Waals surface area (Å²) in [6.07, 6.45) is 4.68. The molecule has 0 amide bonds. The molecule has 8 heteroatoms. The van der Waals surface area contributed by atoms with Gasteiger partial charge in [-0.1, -0.05) is 36.4 Å². The lowest BCUT2D eigenvalue weighted by atomic mass is 9.90. The fourth-order valence-electron chi connectivity index (χ4n) is 4.72. The van der Waals surface area contributed by atoms with Crippen LogP contribution in [0.25, 0.3) is 5.69 Å². The van der Waals surface area contributed by atoms with Crippen molar-refractivity contribution in [2.24, 2.45) is 0 Å². The highest BCUT2D eigenvalue weighted by Gasteiger charge is 2.30. The molecule has 5 rings (SSSR count). The molecule has 1 aliphatic heterocycles. The average molecular weight is 485 g/mol. The number of nitrogens with zero attached hydrogens (tertiary/aromatic N) is 4. The number of ether oxygens (including phenoxy) is 2. The van der Waals surface area contributed by atoms with Gasteiger partial charge in [0.25, 0.3) is 5.69 Å². The number of hydrogen-bond donors (Lipinski definition) is 0. The van der Waals surface area contributed by atoms with Crippen molar-refractivity contribution in [1.82, 2.24) is 14.7 Å². The van der Waals surface area contributed by atoms with Crippen molar-refractivity contribution < 1.29 is 14.4 Å². The van der Waals surface area contributed by atoms with Gasteiger partial charge in [0.1, 0.15) is 17.6 Å². The van der Waals surface area contributed by atoms with Gasteiger partial charge in [-0.3, -0.25) is 15.0 Å². The number of benzene rings is 3. The third-order valence-electron chi connectivity index (χ3n) is 6.48. The van der Waals surface area contributed by atoms with E-state index >= 15 is 0 Å². The van der Waals surface area contributed by atoms with Crippen LogP contribution in [-0.4, -0.2) is 45.9 Å². The smallest absolute Gasteiger partial charge is 0.273 e. The molecule has 0 spiro atoms. The van der Waals surface area contributed by atoms with Gasteiger partial charge < -0.3 is 9.47 Å². The highest BCUT2D eigenvalue weighted by atomic mass is 16.6. The van der Waals surface area contributed by atoms with Crippen LogP contribution >= 0.6 is 0 Å². The molecule has 2 heterocycles. The van der Waals surface area contributed by atoms with E-state index in [-0.39, 0.29) is 17.7 Å². The second kappa shape index (κ2) is 10.6. The second-order valence-electron chi connectivity index (χ2n) is 9.02. The molecule has 1 saturated heterocycles. The lowest BCUT2D eigenvalue weighted by Crippen LogP contribution is -2.44. The highest BCUT2D eigenvalue weighted by Crippen LogP contribution is 2.31. The largest absolute Gasteiger partial charge is 0.497 e. The Kier molecular flexibility index (Phi) is 6.95. The van der Waals surface area contributed by atoms with Crippen LogP contribution < -0.4 is 9.47 Å². The molecule has 2 unspecified atom stereocenters. The van der Waals surface area contributed by atoms with Gasteiger partial charge in [-0.25, -0.2) is 4.68 Å². The van der Waals surface area contributed by atoms with Gasteiger partial charge >= 0.3 is 0 Å². The third-order valence-corrected chi connectivity index (χ3v) is 6.48. The van der Waals surface area contributed by atoms with Crippen molar-refractivity contribution in [3.8, 4) is 17.2 Å². The van der Waals surface area contributed by atoms with E-state index in [1.54, 1.807) is 19.2 Å². The van der Waals surface area contributed by atoms with Gasteiger partial charge in [0, 0.05) is 37.8 Å². The van der Waals surface area contributed by atoms with Crippen LogP contribution in [-0.2, 0) is 6.54 Å². The Labute approximate surface area is 209 Å². The number of piperidine rings is 1. The maximum Gasteiger partial charge on any atom is 0.273 e. The van der Waals surface area contributed by atoms with Crippen molar-refractivity contribution in [2.45, 2.75) is 25.0 Å². The fraction of sp³-hybridized carbons (Fsp3) is 0.250. The first-order valence-corrected chi connectivity index (χ1v) is 11.9. The summed E-state index contributed by atoms with van der Waals surface area (Å²) in [6, 6.07) is 24.6. The maximum atomic E-state index is 11.2. The number of hydrogen-bond acceptors (Lipinski definition) is 6. The predicted octanol–water partition coefficient (Wildman–Crippen LogP) is 5.23. The molecule has 1 fully saturated rings. The molecule has 2 atom stereocenters. The van der Waals surface area contributed by atoms with Gasteiger partial charge in [0.2, 0.25) is 0 Å². The van der Waals surface area contributed by atoms with Crippen molar-refractivity contribution in [3.63, 3.8) is 0 Å². The van der Waals surface area contributed by atoms with E-state index < -0.39 is 4.92 Å². The Morgan fingerprint density at radius 1 is 1.00 bits per heavy atom. The van der Waals surface area contributed by atoms with Crippen LogP contribution in [0, 0.1) is 10.1 Å². The van der Waals surface area contributed by atoms with E-state index in [0.717, 1.165) is 43.1 Å². The zero-order valence-electron chi connectivity index (χ0n) is 20.1. The molecule has 1 aromatic heterocycles. The molecule has 0 aliphatic carbocycles. The molecule has 0 saturated carbocycles. The molecule has 0 N–H and O–H groups in total. The minimum atomic E-state index is -0.397. The number of rotatable bonds is 8. The zero-order valence-corrected chi connectivity index (χ0v) is 20.1. The van der Waals surface area contributed by atoms with Gasteiger partial charge in [-0.15, -0.1) is 0 Å². The van der Waals surface area contributed by atoms with Crippen LogP contribution in [0.2, 0.25) is 0 Å². The number of aromatic nitrogens is 2. The predicted molar refractivity (Wildman–Crippen MR) is 137 cm³/mol. The quantitative estimate of drug-likeness (QED) is 0.252. The lowest BCUT2D eigenvalue weighted by molar-refractivity contribution is -0.385. The summed E-state index contributed by atoms with van der Waals surface area (Å²) < 4.78 is 13.4. The minimum Gasteiger partial charge on any atom is -0.497 e. The number of methoxy groups -OCH3 is 1. The Morgan fingerprint density at radius 3 is 2.56 bits per heavy atom. The molecule has 0 bridgehead atoms. The number of nitro benzene ring substituents is 1. The average Bonchev–Trinajstić information content (AvgIpc) is 3.40. The molecular formula is C28H28N4O4.